The Bertz CT molecular complexity index is 432. The molecule has 0 aromatic heterocycles. The van der Waals surface area contributed by atoms with Gasteiger partial charge in [0.2, 0.25) is 0 Å². The first-order valence-electron chi connectivity index (χ1n) is 6.77. The molecule has 0 nitrogen and oxygen atoms in total. The fourth-order valence-electron chi connectivity index (χ4n) is 1.85. The van der Waals surface area contributed by atoms with E-state index in [9.17, 15) is 57.1 Å². The maximum atomic E-state index is 13.2. The van der Waals surface area contributed by atoms with E-state index in [-0.39, 0.29) is 0 Å². The summed E-state index contributed by atoms with van der Waals surface area (Å²) in [6.45, 7) is 0. The summed E-state index contributed by atoms with van der Waals surface area (Å²) in [5.41, 5.74) is 0. The Morgan fingerprint density at radius 1 is 0.538 bits per heavy atom. The van der Waals surface area contributed by atoms with Crippen LogP contribution in [0.1, 0.15) is 19.3 Å². The summed E-state index contributed by atoms with van der Waals surface area (Å²) < 4.78 is 161. The molecule has 0 aromatic carbocycles. The summed E-state index contributed by atoms with van der Waals surface area (Å²) in [5, 5.41) is 0. The zero-order chi connectivity index (χ0) is 21.2. The van der Waals surface area contributed by atoms with Crippen molar-refractivity contribution in [2.45, 2.75) is 67.8 Å². The molecule has 0 radical (unpaired) electrons. The third-order valence-electron chi connectivity index (χ3n) is 3.42. The SMILES string of the molecule is FC(F)(F)CC[Si](Cl)(CCC(F)(F)F)CCC(F)(F)C(F)(F)C(F)(F)F. The van der Waals surface area contributed by atoms with E-state index in [1.807, 2.05) is 0 Å². The van der Waals surface area contributed by atoms with E-state index in [4.69, 9.17) is 11.1 Å². The zero-order valence-corrected chi connectivity index (χ0v) is 14.3. The Kier molecular flexibility index (Phi) is 7.79. The third kappa shape index (κ3) is 8.09. The van der Waals surface area contributed by atoms with Crippen molar-refractivity contribution in [1.29, 1.82) is 0 Å². The normalized spacial score (nSPS) is 15.5. The first kappa shape index (κ1) is 25.6. The molecule has 0 atom stereocenters. The molecule has 0 bridgehead atoms. The summed E-state index contributed by atoms with van der Waals surface area (Å²) in [5.74, 6) is -12.2. The van der Waals surface area contributed by atoms with Crippen LogP contribution in [0.3, 0.4) is 0 Å². The van der Waals surface area contributed by atoms with Crippen LogP contribution in [-0.4, -0.2) is 37.8 Å². The summed E-state index contributed by atoms with van der Waals surface area (Å²) in [6, 6.07) is -3.91. The van der Waals surface area contributed by atoms with Crippen molar-refractivity contribution in [3.63, 3.8) is 0 Å². The molecule has 0 aliphatic rings. The maximum absolute atomic E-state index is 13.2. The molecule has 15 heteroatoms. The van der Waals surface area contributed by atoms with Crippen LogP contribution in [0.2, 0.25) is 18.1 Å². The van der Waals surface area contributed by atoms with Gasteiger partial charge in [0.25, 0.3) is 0 Å². The van der Waals surface area contributed by atoms with Gasteiger partial charge in [0.1, 0.15) is 0 Å². The Labute approximate surface area is 144 Å². The molecule has 0 aliphatic carbocycles. The van der Waals surface area contributed by atoms with E-state index in [1.165, 1.54) is 0 Å². The average molecular weight is 455 g/mol. The molecule has 0 aliphatic heterocycles. The van der Waals surface area contributed by atoms with Gasteiger partial charge in [-0.2, -0.15) is 68.2 Å². The molecule has 0 fully saturated rings. The van der Waals surface area contributed by atoms with Crippen molar-refractivity contribution >= 4 is 18.5 Å². The summed E-state index contributed by atoms with van der Waals surface area (Å²) in [6.07, 6.45) is -22.3. The lowest BCUT2D eigenvalue weighted by Crippen LogP contribution is -2.52. The molecule has 0 unspecified atom stereocenters. The van der Waals surface area contributed by atoms with Crippen LogP contribution in [0.4, 0.5) is 57.1 Å². The molecular weight excluding hydrogens is 443 g/mol. The number of hydrogen-bond donors (Lipinski definition) is 0. The number of hydrogen-bond acceptors (Lipinski definition) is 0. The number of halogens is 14. The van der Waals surface area contributed by atoms with Crippen LogP contribution in [0.15, 0.2) is 0 Å². The Morgan fingerprint density at radius 3 is 1.12 bits per heavy atom. The Morgan fingerprint density at radius 2 is 0.846 bits per heavy atom. The van der Waals surface area contributed by atoms with Crippen molar-refractivity contribution < 1.29 is 57.1 Å². The third-order valence-corrected chi connectivity index (χ3v) is 8.55. The maximum Gasteiger partial charge on any atom is 0.459 e. The van der Waals surface area contributed by atoms with Crippen molar-refractivity contribution in [2.24, 2.45) is 0 Å². The van der Waals surface area contributed by atoms with Gasteiger partial charge in [-0.1, -0.05) is 0 Å². The highest BCUT2D eigenvalue weighted by Gasteiger charge is 2.72. The van der Waals surface area contributed by atoms with Crippen LogP contribution >= 0.6 is 11.1 Å². The van der Waals surface area contributed by atoms with Gasteiger partial charge in [0.15, 0.2) is 7.38 Å². The lowest BCUT2D eigenvalue weighted by Gasteiger charge is -2.31. The molecule has 0 saturated carbocycles. The monoisotopic (exact) mass is 454 g/mol. The predicted molar refractivity (Wildman–Crippen MR) is 67.9 cm³/mol. The summed E-state index contributed by atoms with van der Waals surface area (Å²) in [4.78, 5) is 0. The molecule has 0 N–H and O–H groups in total. The van der Waals surface area contributed by atoms with Gasteiger partial charge in [-0.15, -0.1) is 0 Å². The summed E-state index contributed by atoms with van der Waals surface area (Å²) >= 11 is 5.60. The highest BCUT2D eigenvalue weighted by molar-refractivity contribution is 7.20. The molecule has 0 spiro atoms. The first-order chi connectivity index (χ1) is 11.1. The highest BCUT2D eigenvalue weighted by atomic mass is 35.6. The fraction of sp³-hybridized carbons (Fsp3) is 1.00. The van der Waals surface area contributed by atoms with E-state index in [1.54, 1.807) is 0 Å². The van der Waals surface area contributed by atoms with Crippen molar-refractivity contribution in [2.75, 3.05) is 0 Å². The van der Waals surface area contributed by atoms with Crippen molar-refractivity contribution in [3.8, 4) is 0 Å². The van der Waals surface area contributed by atoms with E-state index in [2.05, 4.69) is 0 Å². The molecular formula is C11H12ClF13Si. The van der Waals surface area contributed by atoms with Gasteiger partial charge >= 0.3 is 30.4 Å². The van der Waals surface area contributed by atoms with Gasteiger partial charge < -0.3 is 0 Å². The van der Waals surface area contributed by atoms with Gasteiger partial charge in [-0.3, -0.25) is 0 Å². The number of rotatable bonds is 8. The molecule has 26 heavy (non-hydrogen) atoms. The highest BCUT2D eigenvalue weighted by Crippen LogP contribution is 2.50. The van der Waals surface area contributed by atoms with Crippen LogP contribution in [0.25, 0.3) is 0 Å². The van der Waals surface area contributed by atoms with E-state index >= 15 is 0 Å². The topological polar surface area (TPSA) is 0 Å². The number of alkyl halides is 13. The van der Waals surface area contributed by atoms with Crippen LogP contribution < -0.4 is 0 Å². The largest absolute Gasteiger partial charge is 0.459 e. The van der Waals surface area contributed by atoms with Crippen LogP contribution in [-0.2, 0) is 0 Å². The Hall–Kier alpha value is -0.403. The predicted octanol–water partition coefficient (Wildman–Crippen LogP) is 7.30. The lowest BCUT2D eigenvalue weighted by atomic mass is 10.1. The minimum Gasteiger partial charge on any atom is -0.200 e. The fourth-order valence-corrected chi connectivity index (χ4v) is 5.68. The van der Waals surface area contributed by atoms with E-state index in [0.29, 0.717) is 0 Å². The lowest BCUT2D eigenvalue weighted by molar-refractivity contribution is -0.354. The molecule has 0 aromatic rings. The minimum atomic E-state index is -6.65. The van der Waals surface area contributed by atoms with Crippen molar-refractivity contribution in [3.05, 3.63) is 0 Å². The minimum absolute atomic E-state index is 1.22. The van der Waals surface area contributed by atoms with Crippen LogP contribution in [0.5, 0.6) is 0 Å². The molecule has 0 saturated heterocycles. The second-order valence-electron chi connectivity index (χ2n) is 5.66. The van der Waals surface area contributed by atoms with Crippen molar-refractivity contribution in [1.82, 2.24) is 0 Å². The standard InChI is InChI=1S/C11H12ClF13Si/c12-26(5-2-8(15,16)17,6-3-9(18,19)20)4-1-7(13,14)10(21,22)11(23,24)25/h1-6H2. The van der Waals surface area contributed by atoms with E-state index in [0.717, 1.165) is 0 Å². The molecule has 0 amide bonds. The van der Waals surface area contributed by atoms with E-state index < -0.39 is 75.2 Å². The molecule has 0 rings (SSSR count). The first-order valence-corrected chi connectivity index (χ1v) is 10.4. The quantitative estimate of drug-likeness (QED) is 0.205. The van der Waals surface area contributed by atoms with Crippen LogP contribution in [0, 0.1) is 0 Å². The van der Waals surface area contributed by atoms with Gasteiger partial charge in [0.05, 0.1) is 0 Å². The smallest absolute Gasteiger partial charge is 0.200 e. The zero-order valence-electron chi connectivity index (χ0n) is 12.5. The second-order valence-corrected chi connectivity index (χ2v) is 11.9. The molecule has 0 heterocycles. The Balaban J connectivity index is 5.29. The second kappa shape index (κ2) is 7.92. The van der Waals surface area contributed by atoms with Gasteiger partial charge in [-0.25, -0.2) is 0 Å². The van der Waals surface area contributed by atoms with Gasteiger partial charge in [-0.05, 0) is 18.1 Å². The summed E-state index contributed by atoms with van der Waals surface area (Å²) in [7, 11) is -4.37. The van der Waals surface area contributed by atoms with Gasteiger partial charge in [0, 0.05) is 19.3 Å². The average Bonchev–Trinajstić information content (AvgIpc) is 2.38. The molecule has 158 valence electrons.